The molecule has 0 fully saturated rings. The number of aryl methyl sites for hydroxylation is 1. The Hall–Kier alpha value is -2.87. The van der Waals surface area contributed by atoms with Gasteiger partial charge in [-0.3, -0.25) is 0 Å². The van der Waals surface area contributed by atoms with Crippen molar-refractivity contribution >= 4 is 11.7 Å². The summed E-state index contributed by atoms with van der Waals surface area (Å²) in [5, 5.41) is 11.7. The van der Waals surface area contributed by atoms with E-state index in [9.17, 15) is 4.79 Å². The Bertz CT molecular complexity index is 761. The van der Waals surface area contributed by atoms with E-state index in [2.05, 4.69) is 16.4 Å². The van der Waals surface area contributed by atoms with Gasteiger partial charge in [-0.25, -0.2) is 9.78 Å². The van der Waals surface area contributed by atoms with Crippen molar-refractivity contribution in [3.8, 4) is 17.2 Å². The van der Waals surface area contributed by atoms with E-state index >= 15 is 0 Å². The Balaban J connectivity index is 2.17. The first-order valence-corrected chi connectivity index (χ1v) is 6.77. The summed E-state index contributed by atoms with van der Waals surface area (Å²) in [6, 6.07) is 9.03. The van der Waals surface area contributed by atoms with Crippen LogP contribution in [0.25, 0.3) is 11.1 Å². The molecular formula is C16H14N4O. The topological polar surface area (TPSA) is 91.8 Å². The lowest BCUT2D eigenvalue weighted by Gasteiger charge is -2.15. The Morgan fingerprint density at radius 2 is 2.19 bits per heavy atom. The van der Waals surface area contributed by atoms with Gasteiger partial charge in [0.15, 0.2) is 0 Å². The highest BCUT2D eigenvalue weighted by Gasteiger charge is 2.19. The number of carbonyl (C=O) groups is 1. The SMILES string of the molecule is N#Cc1cc(-c2ccc3c(c2NC(N)=O)CCC3)ccn1. The molecule has 0 radical (unpaired) electrons. The van der Waals surface area contributed by atoms with Gasteiger partial charge in [-0.2, -0.15) is 5.26 Å². The van der Waals surface area contributed by atoms with Crippen molar-refractivity contribution in [2.75, 3.05) is 5.32 Å². The Kier molecular flexibility index (Phi) is 3.28. The van der Waals surface area contributed by atoms with E-state index in [0.717, 1.165) is 41.6 Å². The Morgan fingerprint density at radius 3 is 2.95 bits per heavy atom. The summed E-state index contributed by atoms with van der Waals surface area (Å²) in [7, 11) is 0. The molecule has 104 valence electrons. The number of amides is 2. The number of anilines is 1. The van der Waals surface area contributed by atoms with Gasteiger partial charge in [-0.15, -0.1) is 0 Å². The van der Waals surface area contributed by atoms with Gasteiger partial charge < -0.3 is 11.1 Å². The van der Waals surface area contributed by atoms with Crippen LogP contribution < -0.4 is 11.1 Å². The number of benzene rings is 1. The number of nitrogens with one attached hydrogen (secondary N) is 1. The fraction of sp³-hybridized carbons (Fsp3) is 0.188. The highest BCUT2D eigenvalue weighted by atomic mass is 16.2. The summed E-state index contributed by atoms with van der Waals surface area (Å²) < 4.78 is 0. The van der Waals surface area contributed by atoms with Gasteiger partial charge >= 0.3 is 6.03 Å². The Morgan fingerprint density at radius 1 is 1.33 bits per heavy atom. The number of carbonyl (C=O) groups excluding carboxylic acids is 1. The monoisotopic (exact) mass is 278 g/mol. The number of nitriles is 1. The van der Waals surface area contributed by atoms with Crippen LogP contribution in [0.3, 0.4) is 0 Å². The molecule has 1 aromatic heterocycles. The van der Waals surface area contributed by atoms with Gasteiger partial charge in [0.05, 0.1) is 5.69 Å². The third kappa shape index (κ3) is 2.43. The van der Waals surface area contributed by atoms with Gasteiger partial charge in [0.25, 0.3) is 0 Å². The summed E-state index contributed by atoms with van der Waals surface area (Å²) in [4.78, 5) is 15.3. The summed E-state index contributed by atoms with van der Waals surface area (Å²) in [6.45, 7) is 0. The minimum absolute atomic E-state index is 0.345. The van der Waals surface area contributed by atoms with E-state index in [-0.39, 0.29) is 0 Å². The molecule has 0 saturated carbocycles. The first-order valence-electron chi connectivity index (χ1n) is 6.77. The molecule has 2 aromatic rings. The first-order chi connectivity index (χ1) is 10.2. The van der Waals surface area contributed by atoms with E-state index < -0.39 is 6.03 Å². The lowest BCUT2D eigenvalue weighted by atomic mass is 9.97. The molecule has 0 spiro atoms. The number of nitrogens with zero attached hydrogens (tertiary/aromatic N) is 2. The predicted octanol–water partition coefficient (Wildman–Crippen LogP) is 2.60. The molecular weight excluding hydrogens is 264 g/mol. The van der Waals surface area contributed by atoms with E-state index in [0.29, 0.717) is 5.69 Å². The molecule has 21 heavy (non-hydrogen) atoms. The molecule has 0 saturated heterocycles. The maximum Gasteiger partial charge on any atom is 0.316 e. The van der Waals surface area contributed by atoms with Crippen molar-refractivity contribution in [1.29, 1.82) is 5.26 Å². The average Bonchev–Trinajstić information content (AvgIpc) is 2.96. The maximum absolute atomic E-state index is 11.3. The van der Waals surface area contributed by atoms with Crippen LogP contribution in [0.4, 0.5) is 10.5 Å². The number of aromatic nitrogens is 1. The van der Waals surface area contributed by atoms with Crippen LogP contribution in [0.2, 0.25) is 0 Å². The third-order valence-electron chi connectivity index (χ3n) is 3.72. The molecule has 0 aliphatic heterocycles. The highest BCUT2D eigenvalue weighted by Crippen LogP contribution is 2.37. The molecule has 3 rings (SSSR count). The third-order valence-corrected chi connectivity index (χ3v) is 3.72. The minimum Gasteiger partial charge on any atom is -0.351 e. The average molecular weight is 278 g/mol. The number of primary amides is 1. The number of nitrogens with two attached hydrogens (primary N) is 1. The standard InChI is InChI=1S/C16H14N4O/c17-9-12-8-11(6-7-19-12)14-5-4-10-2-1-3-13(10)15(14)20-16(18)21/h4-8H,1-3H2,(H3,18,20,21). The number of hydrogen-bond acceptors (Lipinski definition) is 3. The molecule has 0 atom stereocenters. The smallest absolute Gasteiger partial charge is 0.316 e. The summed E-state index contributed by atoms with van der Waals surface area (Å²) in [5.74, 6) is 0. The highest BCUT2D eigenvalue weighted by molar-refractivity contribution is 5.95. The Labute approximate surface area is 122 Å². The lowest BCUT2D eigenvalue weighted by Crippen LogP contribution is -2.20. The lowest BCUT2D eigenvalue weighted by molar-refractivity contribution is 0.259. The number of rotatable bonds is 2. The van der Waals surface area contributed by atoms with Crippen LogP contribution in [0.15, 0.2) is 30.5 Å². The van der Waals surface area contributed by atoms with Crippen molar-refractivity contribution in [3.05, 3.63) is 47.3 Å². The van der Waals surface area contributed by atoms with Crippen LogP contribution in [0.5, 0.6) is 0 Å². The van der Waals surface area contributed by atoms with Gasteiger partial charge in [-0.05, 0) is 48.1 Å². The molecule has 3 N–H and O–H groups in total. The quantitative estimate of drug-likeness (QED) is 0.884. The zero-order chi connectivity index (χ0) is 14.8. The molecule has 5 heteroatoms. The molecule has 1 heterocycles. The molecule has 5 nitrogen and oxygen atoms in total. The van der Waals surface area contributed by atoms with Crippen LogP contribution in [-0.2, 0) is 12.8 Å². The zero-order valence-electron chi connectivity index (χ0n) is 11.4. The molecule has 1 aliphatic rings. The van der Waals surface area contributed by atoms with Gasteiger partial charge in [-0.1, -0.05) is 12.1 Å². The molecule has 2 amide bonds. The largest absolute Gasteiger partial charge is 0.351 e. The zero-order valence-corrected chi connectivity index (χ0v) is 11.4. The van der Waals surface area contributed by atoms with Gasteiger partial charge in [0.1, 0.15) is 11.8 Å². The van der Waals surface area contributed by atoms with Gasteiger partial charge in [0.2, 0.25) is 0 Å². The van der Waals surface area contributed by atoms with Gasteiger partial charge in [0, 0.05) is 11.8 Å². The number of fused-ring (bicyclic) bond motifs is 1. The van der Waals surface area contributed by atoms with Crippen LogP contribution >= 0.6 is 0 Å². The van der Waals surface area contributed by atoms with Crippen molar-refractivity contribution in [2.45, 2.75) is 19.3 Å². The predicted molar refractivity (Wildman–Crippen MR) is 79.6 cm³/mol. The molecule has 0 bridgehead atoms. The van der Waals surface area contributed by atoms with Crippen molar-refractivity contribution in [3.63, 3.8) is 0 Å². The number of urea groups is 1. The molecule has 0 unspecified atom stereocenters. The van der Waals surface area contributed by atoms with Crippen LogP contribution in [-0.4, -0.2) is 11.0 Å². The summed E-state index contributed by atoms with van der Waals surface area (Å²) in [5.41, 5.74) is 10.5. The second-order valence-electron chi connectivity index (χ2n) is 5.01. The van der Waals surface area contributed by atoms with Crippen molar-refractivity contribution < 1.29 is 4.79 Å². The second-order valence-corrected chi connectivity index (χ2v) is 5.01. The maximum atomic E-state index is 11.3. The van der Waals surface area contributed by atoms with Crippen LogP contribution in [0.1, 0.15) is 23.2 Å². The summed E-state index contributed by atoms with van der Waals surface area (Å²) >= 11 is 0. The fourth-order valence-electron chi connectivity index (χ4n) is 2.83. The molecule has 1 aliphatic carbocycles. The van der Waals surface area contributed by atoms with E-state index in [1.165, 1.54) is 5.56 Å². The second kappa shape index (κ2) is 5.25. The van der Waals surface area contributed by atoms with Crippen molar-refractivity contribution in [1.82, 2.24) is 4.98 Å². The van der Waals surface area contributed by atoms with E-state index in [4.69, 9.17) is 11.0 Å². The van der Waals surface area contributed by atoms with Crippen LogP contribution in [0, 0.1) is 11.3 Å². The number of hydrogen-bond donors (Lipinski definition) is 2. The number of pyridine rings is 1. The normalized spacial score (nSPS) is 12.5. The first kappa shape index (κ1) is 13.1. The van der Waals surface area contributed by atoms with E-state index in [1.807, 2.05) is 18.2 Å². The minimum atomic E-state index is -0.578. The fourth-order valence-corrected chi connectivity index (χ4v) is 2.83. The molecule has 1 aromatic carbocycles. The van der Waals surface area contributed by atoms with E-state index in [1.54, 1.807) is 12.3 Å². The summed E-state index contributed by atoms with van der Waals surface area (Å²) in [6.07, 6.45) is 4.61. The van der Waals surface area contributed by atoms with Crippen molar-refractivity contribution in [2.24, 2.45) is 5.73 Å².